The van der Waals surface area contributed by atoms with E-state index in [0.717, 1.165) is 31.4 Å². The van der Waals surface area contributed by atoms with Crippen LogP contribution in [0.3, 0.4) is 0 Å². The van der Waals surface area contributed by atoms with E-state index in [2.05, 4.69) is 16.7 Å². The lowest BCUT2D eigenvalue weighted by Crippen LogP contribution is -2.47. The van der Waals surface area contributed by atoms with Gasteiger partial charge in [-0.05, 0) is 37.8 Å². The van der Waals surface area contributed by atoms with Gasteiger partial charge in [0.05, 0.1) is 25.4 Å². The normalized spacial score (nSPS) is 16.2. The molecule has 1 saturated carbocycles. The van der Waals surface area contributed by atoms with Crippen molar-refractivity contribution in [2.24, 2.45) is 0 Å². The number of nitrogens with one attached hydrogen (secondary N) is 2. The highest BCUT2D eigenvalue weighted by Gasteiger charge is 2.35. The zero-order valence-electron chi connectivity index (χ0n) is 11.6. The van der Waals surface area contributed by atoms with Gasteiger partial charge in [0, 0.05) is 0 Å². The van der Waals surface area contributed by atoms with Gasteiger partial charge < -0.3 is 15.4 Å². The summed E-state index contributed by atoms with van der Waals surface area (Å²) in [6, 6.07) is 9.66. The SMILES string of the molecule is COc1ccccc1NCC(=O)NC1(C#N)CCCC1. The third-order valence-corrected chi connectivity index (χ3v) is 3.60. The second kappa shape index (κ2) is 6.29. The maximum atomic E-state index is 12.0. The average Bonchev–Trinajstić information content (AvgIpc) is 2.94. The number of hydrogen-bond donors (Lipinski definition) is 2. The molecule has 5 nitrogen and oxygen atoms in total. The van der Waals surface area contributed by atoms with Crippen LogP contribution in [0.4, 0.5) is 5.69 Å². The van der Waals surface area contributed by atoms with Gasteiger partial charge in [-0.15, -0.1) is 0 Å². The maximum Gasteiger partial charge on any atom is 0.240 e. The molecule has 1 aliphatic rings. The fraction of sp³-hybridized carbons (Fsp3) is 0.467. The molecule has 1 fully saturated rings. The van der Waals surface area contributed by atoms with E-state index in [1.807, 2.05) is 24.3 Å². The van der Waals surface area contributed by atoms with Crippen molar-refractivity contribution >= 4 is 11.6 Å². The molecule has 106 valence electrons. The van der Waals surface area contributed by atoms with Crippen LogP contribution in [0, 0.1) is 11.3 Å². The summed E-state index contributed by atoms with van der Waals surface area (Å²) in [7, 11) is 1.59. The molecule has 2 N–H and O–H groups in total. The van der Waals surface area contributed by atoms with Crippen molar-refractivity contribution in [3.05, 3.63) is 24.3 Å². The van der Waals surface area contributed by atoms with Gasteiger partial charge in [-0.3, -0.25) is 4.79 Å². The molecule has 1 aromatic rings. The van der Waals surface area contributed by atoms with Crippen molar-refractivity contribution in [1.29, 1.82) is 5.26 Å². The van der Waals surface area contributed by atoms with Gasteiger partial charge in [0.2, 0.25) is 5.91 Å². The van der Waals surface area contributed by atoms with E-state index in [1.165, 1.54) is 0 Å². The van der Waals surface area contributed by atoms with Crippen molar-refractivity contribution in [2.75, 3.05) is 19.0 Å². The van der Waals surface area contributed by atoms with Crippen LogP contribution in [-0.4, -0.2) is 25.1 Å². The van der Waals surface area contributed by atoms with Gasteiger partial charge >= 0.3 is 0 Å². The quantitative estimate of drug-likeness (QED) is 0.861. The Morgan fingerprint density at radius 3 is 2.75 bits per heavy atom. The summed E-state index contributed by atoms with van der Waals surface area (Å²) in [6.07, 6.45) is 3.47. The number of benzene rings is 1. The molecule has 0 radical (unpaired) electrons. The Balaban J connectivity index is 1.91. The molecule has 0 aliphatic heterocycles. The Morgan fingerprint density at radius 1 is 1.40 bits per heavy atom. The number of nitriles is 1. The minimum absolute atomic E-state index is 0.129. The lowest BCUT2D eigenvalue weighted by molar-refractivity contribution is -0.120. The largest absolute Gasteiger partial charge is 0.495 e. The first kappa shape index (κ1) is 14.2. The standard InChI is InChI=1S/C15H19N3O2/c1-20-13-7-3-2-6-12(13)17-10-14(19)18-15(11-16)8-4-5-9-15/h2-3,6-7,17H,4-5,8-10H2,1H3,(H,18,19). The van der Waals surface area contributed by atoms with Gasteiger partial charge in [0.25, 0.3) is 0 Å². The highest BCUT2D eigenvalue weighted by Crippen LogP contribution is 2.29. The molecular formula is C15H19N3O2. The van der Waals surface area contributed by atoms with Gasteiger partial charge in [-0.2, -0.15) is 5.26 Å². The van der Waals surface area contributed by atoms with Gasteiger partial charge in [0.15, 0.2) is 0 Å². The Labute approximate surface area is 118 Å². The summed E-state index contributed by atoms with van der Waals surface area (Å²) in [5, 5.41) is 15.1. The summed E-state index contributed by atoms with van der Waals surface area (Å²) >= 11 is 0. The molecule has 0 unspecified atom stereocenters. The fourth-order valence-corrected chi connectivity index (χ4v) is 2.52. The van der Waals surface area contributed by atoms with Crippen LogP contribution in [0.15, 0.2) is 24.3 Å². The number of hydrogen-bond acceptors (Lipinski definition) is 4. The molecule has 0 heterocycles. The topological polar surface area (TPSA) is 74.2 Å². The molecule has 1 amide bonds. The minimum atomic E-state index is -0.667. The third kappa shape index (κ3) is 3.21. The van der Waals surface area contributed by atoms with E-state index in [1.54, 1.807) is 7.11 Å². The first-order valence-corrected chi connectivity index (χ1v) is 6.78. The van der Waals surface area contributed by atoms with E-state index in [0.29, 0.717) is 5.75 Å². The number of amides is 1. The average molecular weight is 273 g/mol. The summed E-state index contributed by atoms with van der Waals surface area (Å²) < 4.78 is 5.21. The lowest BCUT2D eigenvalue weighted by atomic mass is 10.00. The smallest absolute Gasteiger partial charge is 0.240 e. The van der Waals surface area contributed by atoms with Gasteiger partial charge in [0.1, 0.15) is 11.3 Å². The van der Waals surface area contributed by atoms with Crippen molar-refractivity contribution in [3.63, 3.8) is 0 Å². The van der Waals surface area contributed by atoms with E-state index < -0.39 is 5.54 Å². The monoisotopic (exact) mass is 273 g/mol. The first-order chi connectivity index (χ1) is 9.69. The number of rotatable bonds is 5. The summed E-state index contributed by atoms with van der Waals surface area (Å²) in [5.74, 6) is 0.524. The van der Waals surface area contributed by atoms with Crippen LogP contribution in [0.5, 0.6) is 5.75 Å². The van der Waals surface area contributed by atoms with E-state index in [9.17, 15) is 10.1 Å². The molecule has 0 spiro atoms. The zero-order valence-corrected chi connectivity index (χ0v) is 11.6. The predicted octanol–water partition coefficient (Wildman–Crippen LogP) is 2.06. The molecule has 2 rings (SSSR count). The third-order valence-electron chi connectivity index (χ3n) is 3.60. The molecule has 0 atom stereocenters. The van der Waals surface area contributed by atoms with Crippen LogP contribution >= 0.6 is 0 Å². The maximum absolute atomic E-state index is 12.0. The highest BCUT2D eigenvalue weighted by atomic mass is 16.5. The van der Waals surface area contributed by atoms with Gasteiger partial charge in [-0.1, -0.05) is 12.1 Å². The second-order valence-electron chi connectivity index (χ2n) is 5.00. The molecule has 0 aromatic heterocycles. The van der Waals surface area contributed by atoms with E-state index >= 15 is 0 Å². The number of carbonyl (C=O) groups is 1. The van der Waals surface area contributed by atoms with Gasteiger partial charge in [-0.25, -0.2) is 0 Å². The number of ether oxygens (including phenoxy) is 1. The van der Waals surface area contributed by atoms with Crippen molar-refractivity contribution < 1.29 is 9.53 Å². The van der Waals surface area contributed by atoms with E-state index in [-0.39, 0.29) is 12.5 Å². The fourth-order valence-electron chi connectivity index (χ4n) is 2.52. The Morgan fingerprint density at radius 2 is 2.10 bits per heavy atom. The Kier molecular flexibility index (Phi) is 4.46. The molecule has 5 heteroatoms. The molecule has 1 aliphatic carbocycles. The lowest BCUT2D eigenvalue weighted by Gasteiger charge is -2.22. The molecule has 0 bridgehead atoms. The van der Waals surface area contributed by atoms with Crippen LogP contribution in [0.1, 0.15) is 25.7 Å². The van der Waals surface area contributed by atoms with Crippen LogP contribution in [0.2, 0.25) is 0 Å². The van der Waals surface area contributed by atoms with E-state index in [4.69, 9.17) is 4.74 Å². The molecule has 0 saturated heterocycles. The Bertz CT molecular complexity index is 516. The predicted molar refractivity (Wildman–Crippen MR) is 76.4 cm³/mol. The zero-order chi connectivity index (χ0) is 14.4. The van der Waals surface area contributed by atoms with Crippen LogP contribution < -0.4 is 15.4 Å². The van der Waals surface area contributed by atoms with Crippen molar-refractivity contribution in [3.8, 4) is 11.8 Å². The first-order valence-electron chi connectivity index (χ1n) is 6.78. The van der Waals surface area contributed by atoms with Crippen molar-refractivity contribution in [2.45, 2.75) is 31.2 Å². The van der Waals surface area contributed by atoms with Crippen molar-refractivity contribution in [1.82, 2.24) is 5.32 Å². The Hall–Kier alpha value is -2.22. The summed E-state index contributed by atoms with van der Waals surface area (Å²) in [6.45, 7) is 0.129. The second-order valence-corrected chi connectivity index (χ2v) is 5.00. The van der Waals surface area contributed by atoms with Crippen LogP contribution in [-0.2, 0) is 4.79 Å². The highest BCUT2D eigenvalue weighted by molar-refractivity contribution is 5.82. The van der Waals surface area contributed by atoms with Crippen LogP contribution in [0.25, 0.3) is 0 Å². The summed E-state index contributed by atoms with van der Waals surface area (Å²) in [4.78, 5) is 12.0. The number of nitrogens with zero attached hydrogens (tertiary/aromatic N) is 1. The molecule has 1 aromatic carbocycles. The minimum Gasteiger partial charge on any atom is -0.495 e. The number of anilines is 1. The summed E-state index contributed by atoms with van der Waals surface area (Å²) in [5.41, 5.74) is 0.0992. The number of para-hydroxylation sites is 2. The number of carbonyl (C=O) groups excluding carboxylic acids is 1. The molecular weight excluding hydrogens is 254 g/mol. The number of methoxy groups -OCH3 is 1. The molecule has 20 heavy (non-hydrogen) atoms.